The summed E-state index contributed by atoms with van der Waals surface area (Å²) in [6.07, 6.45) is 2.00. The average molecular weight is 377 g/mol. The number of nitrogens with one attached hydrogen (secondary N) is 1. The van der Waals surface area contributed by atoms with Gasteiger partial charge in [-0.05, 0) is 30.5 Å². The van der Waals surface area contributed by atoms with E-state index in [1.807, 2.05) is 42.7 Å². The van der Waals surface area contributed by atoms with Crippen LogP contribution < -0.4 is 10.9 Å². The van der Waals surface area contributed by atoms with Gasteiger partial charge in [-0.25, -0.2) is 14.8 Å². The largest absolute Gasteiger partial charge is 0.422 e. The molecule has 1 amide bonds. The van der Waals surface area contributed by atoms with Crippen molar-refractivity contribution in [1.29, 1.82) is 0 Å². The van der Waals surface area contributed by atoms with Crippen LogP contribution in [0.25, 0.3) is 33.3 Å². The second-order valence-electron chi connectivity index (χ2n) is 5.91. The van der Waals surface area contributed by atoms with E-state index in [-0.39, 0.29) is 17.1 Å². The molecule has 0 saturated carbocycles. The lowest BCUT2D eigenvalue weighted by Gasteiger charge is -2.10. The first-order valence-electron chi connectivity index (χ1n) is 8.22. The lowest BCUT2D eigenvalue weighted by molar-refractivity contribution is -0.114. The minimum absolute atomic E-state index is 0.149. The Kier molecular flexibility index (Phi) is 4.37. The second-order valence-corrected chi connectivity index (χ2v) is 6.79. The molecule has 6 nitrogen and oxygen atoms in total. The van der Waals surface area contributed by atoms with Gasteiger partial charge < -0.3 is 9.73 Å². The third kappa shape index (κ3) is 3.17. The van der Waals surface area contributed by atoms with Gasteiger partial charge in [-0.3, -0.25) is 4.79 Å². The van der Waals surface area contributed by atoms with Crippen LogP contribution in [0, 0.1) is 0 Å². The van der Waals surface area contributed by atoms with Crippen LogP contribution in [-0.2, 0) is 4.79 Å². The molecule has 0 spiro atoms. The predicted octanol–water partition coefficient (Wildman–Crippen LogP) is 4.08. The van der Waals surface area contributed by atoms with Crippen molar-refractivity contribution in [2.24, 2.45) is 0 Å². The zero-order valence-corrected chi connectivity index (χ0v) is 15.5. The van der Waals surface area contributed by atoms with Crippen molar-refractivity contribution in [3.05, 3.63) is 59.0 Å². The number of hydrogen-bond acceptors (Lipinski definition) is 6. The highest BCUT2D eigenvalue weighted by Crippen LogP contribution is 2.29. The van der Waals surface area contributed by atoms with E-state index < -0.39 is 5.63 Å². The molecule has 1 N–H and O–H groups in total. The minimum Gasteiger partial charge on any atom is -0.422 e. The van der Waals surface area contributed by atoms with E-state index in [1.165, 1.54) is 6.92 Å². The quantitative estimate of drug-likeness (QED) is 0.329. The summed E-state index contributed by atoms with van der Waals surface area (Å²) in [6.45, 7) is 1.36. The first-order chi connectivity index (χ1) is 13.1. The molecule has 4 aromatic rings. The number of para-hydroxylation sites is 1. The van der Waals surface area contributed by atoms with Gasteiger partial charge in [0.05, 0.1) is 5.52 Å². The molecule has 0 aliphatic heterocycles. The van der Waals surface area contributed by atoms with Gasteiger partial charge in [0, 0.05) is 22.8 Å². The SMILES string of the molecule is CSc1ccc(-c2nc(NC(C)=O)c3c(=O)oc4ccccc4c3n2)cc1. The number of aromatic nitrogens is 2. The van der Waals surface area contributed by atoms with E-state index in [9.17, 15) is 9.59 Å². The molecule has 0 aliphatic carbocycles. The van der Waals surface area contributed by atoms with Gasteiger partial charge in [-0.1, -0.05) is 24.3 Å². The van der Waals surface area contributed by atoms with Crippen LogP contribution in [0.3, 0.4) is 0 Å². The monoisotopic (exact) mass is 377 g/mol. The summed E-state index contributed by atoms with van der Waals surface area (Å²) in [5.41, 5.74) is 1.09. The second kappa shape index (κ2) is 6.85. The number of benzene rings is 2. The van der Waals surface area contributed by atoms with Crippen molar-refractivity contribution in [2.75, 3.05) is 11.6 Å². The Labute approximate surface area is 158 Å². The molecule has 0 fully saturated rings. The first-order valence-corrected chi connectivity index (χ1v) is 9.45. The van der Waals surface area contributed by atoms with Gasteiger partial charge in [-0.2, -0.15) is 0 Å². The average Bonchev–Trinajstić information content (AvgIpc) is 2.67. The van der Waals surface area contributed by atoms with Crippen molar-refractivity contribution in [1.82, 2.24) is 9.97 Å². The Morgan fingerprint density at radius 3 is 2.52 bits per heavy atom. The van der Waals surface area contributed by atoms with Crippen molar-refractivity contribution in [3.8, 4) is 11.4 Å². The number of anilines is 1. The van der Waals surface area contributed by atoms with Crippen LogP contribution >= 0.6 is 11.8 Å². The summed E-state index contributed by atoms with van der Waals surface area (Å²) in [7, 11) is 0. The molecular weight excluding hydrogens is 362 g/mol. The Morgan fingerprint density at radius 2 is 1.81 bits per heavy atom. The highest BCUT2D eigenvalue weighted by molar-refractivity contribution is 7.98. The van der Waals surface area contributed by atoms with E-state index in [0.29, 0.717) is 22.3 Å². The molecule has 0 saturated heterocycles. The maximum atomic E-state index is 12.5. The van der Waals surface area contributed by atoms with Crippen LogP contribution in [0.15, 0.2) is 62.6 Å². The molecule has 2 aromatic heterocycles. The van der Waals surface area contributed by atoms with Gasteiger partial charge >= 0.3 is 5.63 Å². The number of rotatable bonds is 3. The summed E-state index contributed by atoms with van der Waals surface area (Å²) in [5, 5.41) is 3.48. The number of carbonyl (C=O) groups is 1. The van der Waals surface area contributed by atoms with Crippen molar-refractivity contribution in [3.63, 3.8) is 0 Å². The van der Waals surface area contributed by atoms with Gasteiger partial charge in [0.15, 0.2) is 11.6 Å². The van der Waals surface area contributed by atoms with E-state index in [0.717, 1.165) is 10.5 Å². The highest BCUT2D eigenvalue weighted by Gasteiger charge is 2.17. The fourth-order valence-electron chi connectivity index (χ4n) is 2.88. The summed E-state index contributed by atoms with van der Waals surface area (Å²) < 4.78 is 5.38. The van der Waals surface area contributed by atoms with Crippen molar-refractivity contribution in [2.45, 2.75) is 11.8 Å². The topological polar surface area (TPSA) is 85.1 Å². The number of thioether (sulfide) groups is 1. The number of hydrogen-bond donors (Lipinski definition) is 1. The van der Waals surface area contributed by atoms with Crippen LogP contribution in [0.2, 0.25) is 0 Å². The standard InChI is InChI=1S/C20H15N3O3S/c1-11(24)21-19-16-17(14-5-3-4-6-15(14)26-20(16)25)22-18(23-19)12-7-9-13(27-2)10-8-12/h3-10H,1-2H3,(H,21,22,23,24). The molecule has 4 rings (SSSR count). The summed E-state index contributed by atoms with van der Waals surface area (Å²) in [6, 6.07) is 14.9. The summed E-state index contributed by atoms with van der Waals surface area (Å²) in [5.74, 6) is 0.247. The molecule has 0 bridgehead atoms. The van der Waals surface area contributed by atoms with Crippen LogP contribution in [-0.4, -0.2) is 22.1 Å². The maximum Gasteiger partial charge on any atom is 0.349 e. The lowest BCUT2D eigenvalue weighted by atomic mass is 10.1. The van der Waals surface area contributed by atoms with Gasteiger partial charge in [-0.15, -0.1) is 11.8 Å². The number of carbonyl (C=O) groups excluding carboxylic acids is 1. The Hall–Kier alpha value is -3.19. The molecule has 0 radical (unpaired) electrons. The van der Waals surface area contributed by atoms with Crippen LogP contribution in [0.4, 0.5) is 5.82 Å². The molecule has 7 heteroatoms. The van der Waals surface area contributed by atoms with Crippen LogP contribution in [0.5, 0.6) is 0 Å². The fourth-order valence-corrected chi connectivity index (χ4v) is 3.29. The molecule has 134 valence electrons. The smallest absolute Gasteiger partial charge is 0.349 e. The van der Waals surface area contributed by atoms with E-state index in [4.69, 9.17) is 4.42 Å². The third-order valence-corrected chi connectivity index (χ3v) is 4.84. The highest BCUT2D eigenvalue weighted by atomic mass is 32.2. The van der Waals surface area contributed by atoms with Gasteiger partial charge in [0.2, 0.25) is 5.91 Å². The van der Waals surface area contributed by atoms with Crippen molar-refractivity contribution >= 4 is 45.4 Å². The predicted molar refractivity (Wildman–Crippen MR) is 107 cm³/mol. The zero-order valence-electron chi connectivity index (χ0n) is 14.6. The normalized spacial score (nSPS) is 11.0. The minimum atomic E-state index is -0.586. The number of amides is 1. The van der Waals surface area contributed by atoms with E-state index >= 15 is 0 Å². The molecule has 0 unspecified atom stereocenters. The summed E-state index contributed by atoms with van der Waals surface area (Å²) in [4.78, 5) is 34.4. The fraction of sp³-hybridized carbons (Fsp3) is 0.100. The Balaban J connectivity index is 2.06. The third-order valence-electron chi connectivity index (χ3n) is 4.10. The van der Waals surface area contributed by atoms with E-state index in [1.54, 1.807) is 23.9 Å². The maximum absolute atomic E-state index is 12.5. The summed E-state index contributed by atoms with van der Waals surface area (Å²) >= 11 is 1.64. The molecule has 2 aromatic carbocycles. The molecular formula is C20H15N3O3S. The first kappa shape index (κ1) is 17.2. The molecule has 0 atom stereocenters. The molecule has 2 heterocycles. The molecule has 0 aliphatic rings. The van der Waals surface area contributed by atoms with E-state index in [2.05, 4.69) is 15.3 Å². The molecule has 27 heavy (non-hydrogen) atoms. The van der Waals surface area contributed by atoms with Gasteiger partial charge in [0.25, 0.3) is 0 Å². The Morgan fingerprint density at radius 1 is 1.07 bits per heavy atom. The van der Waals surface area contributed by atoms with Crippen LogP contribution in [0.1, 0.15) is 6.92 Å². The Bertz CT molecular complexity index is 1230. The zero-order chi connectivity index (χ0) is 19.0. The van der Waals surface area contributed by atoms with Crippen molar-refractivity contribution < 1.29 is 9.21 Å². The number of nitrogens with zero attached hydrogens (tertiary/aromatic N) is 2. The lowest BCUT2D eigenvalue weighted by Crippen LogP contribution is -2.13. The number of fused-ring (bicyclic) bond motifs is 3. The van der Waals surface area contributed by atoms with Gasteiger partial charge in [0.1, 0.15) is 11.0 Å².